The summed E-state index contributed by atoms with van der Waals surface area (Å²) < 4.78 is 2.26. The van der Waals surface area contributed by atoms with Crippen LogP contribution in [0.1, 0.15) is 48.8 Å². The van der Waals surface area contributed by atoms with Crippen LogP contribution in [0.15, 0.2) is 24.3 Å². The lowest BCUT2D eigenvalue weighted by Gasteiger charge is -2.14. The zero-order chi connectivity index (χ0) is 16.1. The molecule has 0 atom stereocenters. The number of hydrogen-bond acceptors (Lipinski definition) is 2. The molecule has 2 N–H and O–H groups in total. The Morgan fingerprint density at radius 3 is 2.71 bits per heavy atom. The molecule has 2 aliphatic rings. The maximum absolute atomic E-state index is 9.80. The first kappa shape index (κ1) is 13.9. The van der Waals surface area contributed by atoms with E-state index < -0.39 is 0 Å². The number of para-hydroxylation sites is 2. The lowest BCUT2D eigenvalue weighted by atomic mass is 10.1. The van der Waals surface area contributed by atoms with E-state index in [-0.39, 0.29) is 0 Å². The number of nitrogens with one attached hydrogen (secondary N) is 2. The minimum absolute atomic E-state index is 0.562. The van der Waals surface area contributed by atoms with Crippen molar-refractivity contribution in [1.82, 2.24) is 4.98 Å². The van der Waals surface area contributed by atoms with Crippen molar-refractivity contribution in [2.75, 3.05) is 5.32 Å². The molecule has 0 spiro atoms. The lowest BCUT2D eigenvalue weighted by Crippen LogP contribution is -2.32. The quantitative estimate of drug-likeness (QED) is 0.709. The maximum atomic E-state index is 9.80. The van der Waals surface area contributed by atoms with E-state index in [1.807, 2.05) is 6.07 Å². The fraction of sp³-hybridized carbons (Fsp3) is 0.400. The van der Waals surface area contributed by atoms with Crippen molar-refractivity contribution in [2.24, 2.45) is 0 Å². The number of aromatic nitrogens is 2. The minimum atomic E-state index is 0.562. The molecule has 5 rings (SSSR count). The topological polar surface area (TPSA) is 55.7 Å². The third kappa shape index (κ3) is 1.88. The van der Waals surface area contributed by atoms with E-state index >= 15 is 0 Å². The van der Waals surface area contributed by atoms with Crippen LogP contribution < -0.4 is 9.72 Å². The SMILES string of the molecule is N#Cc1c2c(c(NC3CCCC3)[n+]3c1[nH]c1ccccc13)CCC2. The molecule has 0 bridgehead atoms. The number of nitriles is 1. The first-order chi connectivity index (χ1) is 11.9. The van der Waals surface area contributed by atoms with Crippen molar-refractivity contribution in [1.29, 1.82) is 5.26 Å². The van der Waals surface area contributed by atoms with Crippen molar-refractivity contribution in [2.45, 2.75) is 51.0 Å². The molecule has 1 aromatic carbocycles. The Hall–Kier alpha value is -2.54. The standard InChI is InChI=1S/C20H20N4/c21-12-16-14-8-5-9-15(14)19(22-13-6-1-2-7-13)24-18-11-4-3-10-17(18)23-20(16)24/h3-4,10-11,13H,1-2,5-9H2,(H,22,23)/p+1. The summed E-state index contributed by atoms with van der Waals surface area (Å²) in [6.45, 7) is 0. The van der Waals surface area contributed by atoms with Crippen LogP contribution >= 0.6 is 0 Å². The van der Waals surface area contributed by atoms with Gasteiger partial charge in [0.1, 0.15) is 22.7 Å². The smallest absolute Gasteiger partial charge is 0.250 e. The molecule has 4 heteroatoms. The van der Waals surface area contributed by atoms with Crippen LogP contribution in [0.3, 0.4) is 0 Å². The molecule has 2 heterocycles. The highest BCUT2D eigenvalue weighted by Gasteiger charge is 2.31. The fourth-order valence-corrected chi connectivity index (χ4v) is 4.58. The molecule has 3 aromatic rings. The number of aromatic amines is 1. The molecule has 0 saturated heterocycles. The molecule has 4 nitrogen and oxygen atoms in total. The van der Waals surface area contributed by atoms with Gasteiger partial charge in [-0.3, -0.25) is 4.98 Å². The lowest BCUT2D eigenvalue weighted by molar-refractivity contribution is -0.465. The number of fused-ring (bicyclic) bond motifs is 4. The van der Waals surface area contributed by atoms with E-state index in [0.717, 1.165) is 41.5 Å². The normalized spacial score (nSPS) is 17.5. The average Bonchev–Trinajstić information content (AvgIpc) is 3.33. The molecule has 120 valence electrons. The molecule has 2 aromatic heterocycles. The first-order valence-electron chi connectivity index (χ1n) is 9.03. The molecule has 1 fully saturated rings. The highest BCUT2D eigenvalue weighted by Crippen LogP contribution is 2.34. The molecule has 0 unspecified atom stereocenters. The Balaban J connectivity index is 1.86. The third-order valence-corrected chi connectivity index (χ3v) is 5.70. The maximum Gasteiger partial charge on any atom is 0.250 e. The molecule has 2 aliphatic carbocycles. The van der Waals surface area contributed by atoms with E-state index in [4.69, 9.17) is 0 Å². The monoisotopic (exact) mass is 317 g/mol. The fourth-order valence-electron chi connectivity index (χ4n) is 4.58. The van der Waals surface area contributed by atoms with Crippen LogP contribution in [0.4, 0.5) is 5.82 Å². The molecule has 0 radical (unpaired) electrons. The van der Waals surface area contributed by atoms with E-state index in [1.165, 1.54) is 42.6 Å². The molecular weight excluding hydrogens is 296 g/mol. The number of hydrogen-bond donors (Lipinski definition) is 2. The Bertz CT molecular complexity index is 986. The van der Waals surface area contributed by atoms with Crippen LogP contribution in [-0.4, -0.2) is 11.0 Å². The molecule has 1 saturated carbocycles. The summed E-state index contributed by atoms with van der Waals surface area (Å²) in [5, 5.41) is 13.6. The summed E-state index contributed by atoms with van der Waals surface area (Å²) in [4.78, 5) is 3.49. The van der Waals surface area contributed by atoms with Crippen molar-refractivity contribution in [3.63, 3.8) is 0 Å². The van der Waals surface area contributed by atoms with Crippen LogP contribution in [0.2, 0.25) is 0 Å². The van der Waals surface area contributed by atoms with Gasteiger partial charge >= 0.3 is 0 Å². The Morgan fingerprint density at radius 2 is 1.88 bits per heavy atom. The van der Waals surface area contributed by atoms with Crippen molar-refractivity contribution < 1.29 is 4.40 Å². The van der Waals surface area contributed by atoms with Crippen molar-refractivity contribution in [3.8, 4) is 6.07 Å². The highest BCUT2D eigenvalue weighted by atomic mass is 15.1. The number of rotatable bonds is 2. The van der Waals surface area contributed by atoms with Gasteiger partial charge in [-0.05, 0) is 62.6 Å². The van der Waals surface area contributed by atoms with Crippen LogP contribution in [0.25, 0.3) is 16.7 Å². The van der Waals surface area contributed by atoms with Gasteiger partial charge in [0.25, 0.3) is 0 Å². The number of H-pyrrole nitrogens is 1. The Labute approximate surface area is 141 Å². The second-order valence-electron chi connectivity index (χ2n) is 7.10. The van der Waals surface area contributed by atoms with Crippen LogP contribution in [0.5, 0.6) is 0 Å². The summed E-state index contributed by atoms with van der Waals surface area (Å²) in [5.41, 5.74) is 6.63. The second kappa shape index (κ2) is 5.24. The third-order valence-electron chi connectivity index (χ3n) is 5.70. The molecule has 0 amide bonds. The van der Waals surface area contributed by atoms with E-state index in [1.54, 1.807) is 0 Å². The van der Waals surface area contributed by atoms with Crippen LogP contribution in [-0.2, 0) is 12.8 Å². The van der Waals surface area contributed by atoms with Gasteiger partial charge in [-0.15, -0.1) is 0 Å². The number of benzene rings is 1. The Kier molecular flexibility index (Phi) is 3.02. The van der Waals surface area contributed by atoms with Gasteiger partial charge in [0.05, 0.1) is 6.04 Å². The van der Waals surface area contributed by atoms with Crippen molar-refractivity contribution >= 4 is 22.5 Å². The van der Waals surface area contributed by atoms with Gasteiger partial charge in [0, 0.05) is 5.56 Å². The summed E-state index contributed by atoms with van der Waals surface area (Å²) >= 11 is 0. The number of nitrogens with zero attached hydrogens (tertiary/aromatic N) is 2. The number of anilines is 1. The zero-order valence-corrected chi connectivity index (χ0v) is 13.7. The number of imidazole rings is 1. The van der Waals surface area contributed by atoms with Gasteiger partial charge in [-0.1, -0.05) is 12.1 Å². The average molecular weight is 317 g/mol. The predicted molar refractivity (Wildman–Crippen MR) is 94.1 cm³/mol. The van der Waals surface area contributed by atoms with E-state index in [9.17, 15) is 5.26 Å². The van der Waals surface area contributed by atoms with Gasteiger partial charge in [0.15, 0.2) is 0 Å². The first-order valence-corrected chi connectivity index (χ1v) is 9.03. The highest BCUT2D eigenvalue weighted by molar-refractivity contribution is 5.78. The predicted octanol–water partition coefficient (Wildman–Crippen LogP) is 3.62. The Morgan fingerprint density at radius 1 is 1.08 bits per heavy atom. The van der Waals surface area contributed by atoms with E-state index in [2.05, 4.69) is 39.0 Å². The summed E-state index contributed by atoms with van der Waals surface area (Å²) in [6, 6.07) is 11.4. The summed E-state index contributed by atoms with van der Waals surface area (Å²) in [7, 11) is 0. The summed E-state index contributed by atoms with van der Waals surface area (Å²) in [6.07, 6.45) is 8.37. The molecule has 24 heavy (non-hydrogen) atoms. The van der Waals surface area contributed by atoms with E-state index in [0.29, 0.717) is 6.04 Å². The van der Waals surface area contributed by atoms with Gasteiger partial charge in [-0.25, -0.2) is 0 Å². The zero-order valence-electron chi connectivity index (χ0n) is 13.7. The minimum Gasteiger partial charge on any atom is -0.302 e. The molecule has 0 aliphatic heterocycles. The van der Waals surface area contributed by atoms with Gasteiger partial charge in [0.2, 0.25) is 11.5 Å². The van der Waals surface area contributed by atoms with Crippen molar-refractivity contribution in [3.05, 3.63) is 41.0 Å². The second-order valence-corrected chi connectivity index (χ2v) is 7.10. The number of pyridine rings is 1. The van der Waals surface area contributed by atoms with Crippen LogP contribution in [0, 0.1) is 11.3 Å². The summed E-state index contributed by atoms with van der Waals surface area (Å²) in [5.74, 6) is 1.22. The van der Waals surface area contributed by atoms with Gasteiger partial charge < -0.3 is 5.32 Å². The largest absolute Gasteiger partial charge is 0.302 e. The van der Waals surface area contributed by atoms with Gasteiger partial charge in [-0.2, -0.15) is 9.66 Å². The molecular formula is C20H21N4+.